The number of carbonyl (C=O) groups is 2. The van der Waals surface area contributed by atoms with Crippen molar-refractivity contribution in [2.75, 3.05) is 19.6 Å². The molecule has 0 bridgehead atoms. The van der Waals surface area contributed by atoms with E-state index < -0.39 is 0 Å². The summed E-state index contributed by atoms with van der Waals surface area (Å²) in [6, 6.07) is 11.9. The Kier molecular flexibility index (Phi) is 7.63. The average molecular weight is 359 g/mol. The highest BCUT2D eigenvalue weighted by Gasteiger charge is 2.13. The van der Waals surface area contributed by atoms with E-state index >= 15 is 0 Å². The molecule has 2 N–H and O–H groups in total. The molecule has 1 heterocycles. The maximum Gasteiger partial charge on any atom is 0.234 e. The van der Waals surface area contributed by atoms with Crippen LogP contribution in [0.4, 0.5) is 0 Å². The van der Waals surface area contributed by atoms with Gasteiger partial charge in [0, 0.05) is 11.4 Å². The molecule has 25 heavy (non-hydrogen) atoms. The molecule has 1 aromatic carbocycles. The lowest BCUT2D eigenvalue weighted by Crippen LogP contribution is -2.42. The molecule has 2 aromatic rings. The van der Waals surface area contributed by atoms with E-state index in [1.807, 2.05) is 60.5 Å². The zero-order valence-corrected chi connectivity index (χ0v) is 15.6. The topological polar surface area (TPSA) is 61.4 Å². The van der Waals surface area contributed by atoms with E-state index in [-0.39, 0.29) is 24.9 Å². The molecule has 0 atom stereocenters. The largest absolute Gasteiger partial charge is 0.351 e. The second-order valence-electron chi connectivity index (χ2n) is 5.86. The summed E-state index contributed by atoms with van der Waals surface area (Å²) in [5.74, 6) is -0.141. The fourth-order valence-electron chi connectivity index (χ4n) is 2.40. The van der Waals surface area contributed by atoms with Gasteiger partial charge in [-0.2, -0.15) is 0 Å². The van der Waals surface area contributed by atoms with Gasteiger partial charge in [0.1, 0.15) is 0 Å². The molecule has 2 rings (SSSR count). The Bertz CT molecular complexity index is 686. The van der Waals surface area contributed by atoms with E-state index in [0.717, 1.165) is 16.0 Å². The van der Waals surface area contributed by atoms with Crippen molar-refractivity contribution in [1.82, 2.24) is 15.5 Å². The van der Waals surface area contributed by atoms with Crippen LogP contribution in [0.3, 0.4) is 0 Å². The lowest BCUT2D eigenvalue weighted by molar-refractivity contribution is -0.125. The van der Waals surface area contributed by atoms with Crippen molar-refractivity contribution >= 4 is 23.2 Å². The number of amides is 2. The first-order valence-corrected chi connectivity index (χ1v) is 9.29. The third-order valence-electron chi connectivity index (χ3n) is 3.96. The summed E-state index contributed by atoms with van der Waals surface area (Å²) in [6.45, 7) is 6.10. The van der Waals surface area contributed by atoms with E-state index in [2.05, 4.69) is 10.6 Å². The Hall–Kier alpha value is -2.18. The molecule has 0 spiro atoms. The highest BCUT2D eigenvalue weighted by atomic mass is 32.1. The van der Waals surface area contributed by atoms with Crippen molar-refractivity contribution in [2.45, 2.75) is 26.9 Å². The molecule has 0 saturated heterocycles. The smallest absolute Gasteiger partial charge is 0.234 e. The van der Waals surface area contributed by atoms with Crippen LogP contribution in [0, 0.1) is 6.92 Å². The number of nitrogens with one attached hydrogen (secondary N) is 2. The molecule has 0 unspecified atom stereocenters. The Morgan fingerprint density at radius 1 is 1.00 bits per heavy atom. The first-order valence-electron chi connectivity index (χ1n) is 8.41. The van der Waals surface area contributed by atoms with Gasteiger partial charge in [0.15, 0.2) is 0 Å². The van der Waals surface area contributed by atoms with Crippen LogP contribution in [-0.2, 0) is 22.7 Å². The van der Waals surface area contributed by atoms with Crippen molar-refractivity contribution in [3.63, 3.8) is 0 Å². The Labute approximate surface area is 153 Å². The molecule has 0 aliphatic rings. The minimum absolute atomic E-state index is 0.0676. The molecule has 134 valence electrons. The summed E-state index contributed by atoms with van der Waals surface area (Å²) in [5, 5.41) is 7.79. The molecular weight excluding hydrogens is 334 g/mol. The number of hydrogen-bond donors (Lipinski definition) is 2. The van der Waals surface area contributed by atoms with Gasteiger partial charge in [-0.05, 0) is 36.0 Å². The standard InChI is InChI=1S/C19H25N3O2S/c1-3-22(14-19(24)21-12-17-9-6-10-25-17)13-18(23)20-11-16-8-5-4-7-15(16)2/h4-10H,3,11-14H2,1-2H3,(H,20,23)(H,21,24). The second-order valence-corrected chi connectivity index (χ2v) is 6.89. The van der Waals surface area contributed by atoms with Crippen LogP contribution in [0.25, 0.3) is 0 Å². The predicted molar refractivity (Wildman–Crippen MR) is 101 cm³/mol. The molecule has 5 nitrogen and oxygen atoms in total. The van der Waals surface area contributed by atoms with Crippen LogP contribution in [0.2, 0.25) is 0 Å². The van der Waals surface area contributed by atoms with Crippen LogP contribution >= 0.6 is 11.3 Å². The Morgan fingerprint density at radius 2 is 1.68 bits per heavy atom. The van der Waals surface area contributed by atoms with Crippen LogP contribution in [-0.4, -0.2) is 36.3 Å². The number of carbonyl (C=O) groups excluding carboxylic acids is 2. The van der Waals surface area contributed by atoms with Crippen molar-refractivity contribution in [3.8, 4) is 0 Å². The molecule has 0 fully saturated rings. The highest BCUT2D eigenvalue weighted by molar-refractivity contribution is 7.09. The van der Waals surface area contributed by atoms with Gasteiger partial charge in [-0.1, -0.05) is 37.3 Å². The van der Waals surface area contributed by atoms with Crippen LogP contribution in [0.1, 0.15) is 22.9 Å². The highest BCUT2D eigenvalue weighted by Crippen LogP contribution is 2.07. The molecular formula is C19H25N3O2S. The van der Waals surface area contributed by atoms with Gasteiger partial charge in [-0.15, -0.1) is 11.3 Å². The molecule has 0 saturated carbocycles. The number of hydrogen-bond acceptors (Lipinski definition) is 4. The van der Waals surface area contributed by atoms with E-state index in [1.165, 1.54) is 0 Å². The summed E-state index contributed by atoms with van der Waals surface area (Å²) in [5.41, 5.74) is 2.26. The van der Waals surface area contributed by atoms with Gasteiger partial charge in [0.2, 0.25) is 11.8 Å². The summed E-state index contributed by atoms with van der Waals surface area (Å²) in [6.07, 6.45) is 0. The number of aryl methyl sites for hydroxylation is 1. The maximum absolute atomic E-state index is 12.1. The Balaban J connectivity index is 1.73. The lowest BCUT2D eigenvalue weighted by Gasteiger charge is -2.19. The van der Waals surface area contributed by atoms with E-state index in [1.54, 1.807) is 11.3 Å². The zero-order valence-electron chi connectivity index (χ0n) is 14.7. The van der Waals surface area contributed by atoms with Gasteiger partial charge in [0.25, 0.3) is 0 Å². The van der Waals surface area contributed by atoms with Crippen molar-refractivity contribution < 1.29 is 9.59 Å². The zero-order chi connectivity index (χ0) is 18.1. The SMILES string of the molecule is CCN(CC(=O)NCc1cccs1)CC(=O)NCc1ccccc1C. The Morgan fingerprint density at radius 3 is 2.28 bits per heavy atom. The minimum atomic E-state index is -0.0730. The number of rotatable bonds is 9. The third kappa shape index (κ3) is 6.68. The number of nitrogens with zero attached hydrogens (tertiary/aromatic N) is 1. The van der Waals surface area contributed by atoms with Crippen LogP contribution in [0.15, 0.2) is 41.8 Å². The minimum Gasteiger partial charge on any atom is -0.351 e. The number of benzene rings is 1. The first kappa shape index (κ1) is 19.1. The van der Waals surface area contributed by atoms with Crippen molar-refractivity contribution in [2.24, 2.45) is 0 Å². The molecule has 1 aromatic heterocycles. The van der Waals surface area contributed by atoms with Gasteiger partial charge >= 0.3 is 0 Å². The first-order chi connectivity index (χ1) is 12.1. The van der Waals surface area contributed by atoms with Crippen LogP contribution in [0.5, 0.6) is 0 Å². The summed E-state index contributed by atoms with van der Waals surface area (Å²) >= 11 is 1.61. The van der Waals surface area contributed by atoms with E-state index in [0.29, 0.717) is 19.6 Å². The predicted octanol–water partition coefficient (Wildman–Crippen LogP) is 2.31. The monoisotopic (exact) mass is 359 g/mol. The normalized spacial score (nSPS) is 10.7. The average Bonchev–Trinajstić information content (AvgIpc) is 3.12. The lowest BCUT2D eigenvalue weighted by atomic mass is 10.1. The van der Waals surface area contributed by atoms with Gasteiger partial charge < -0.3 is 10.6 Å². The molecule has 0 aliphatic heterocycles. The summed E-state index contributed by atoms with van der Waals surface area (Å²) < 4.78 is 0. The number of thiophene rings is 1. The molecule has 2 amide bonds. The number of likely N-dealkylation sites (N-methyl/N-ethyl adjacent to an activating group) is 1. The second kappa shape index (κ2) is 9.96. The quantitative estimate of drug-likeness (QED) is 0.722. The van der Waals surface area contributed by atoms with E-state index in [4.69, 9.17) is 0 Å². The maximum atomic E-state index is 12.1. The molecule has 0 aliphatic carbocycles. The molecule has 0 radical (unpaired) electrons. The van der Waals surface area contributed by atoms with Crippen molar-refractivity contribution in [3.05, 3.63) is 57.8 Å². The summed E-state index contributed by atoms with van der Waals surface area (Å²) in [4.78, 5) is 27.1. The van der Waals surface area contributed by atoms with Gasteiger partial charge in [-0.25, -0.2) is 0 Å². The molecule has 6 heteroatoms. The third-order valence-corrected chi connectivity index (χ3v) is 4.84. The fraction of sp³-hybridized carbons (Fsp3) is 0.368. The van der Waals surface area contributed by atoms with E-state index in [9.17, 15) is 9.59 Å². The summed E-state index contributed by atoms with van der Waals surface area (Å²) in [7, 11) is 0. The van der Waals surface area contributed by atoms with Gasteiger partial charge in [0.05, 0.1) is 19.6 Å². The fourth-order valence-corrected chi connectivity index (χ4v) is 3.04. The van der Waals surface area contributed by atoms with Gasteiger partial charge in [-0.3, -0.25) is 14.5 Å². The van der Waals surface area contributed by atoms with Crippen LogP contribution < -0.4 is 10.6 Å². The van der Waals surface area contributed by atoms with Crippen molar-refractivity contribution in [1.29, 1.82) is 0 Å².